The molecule has 0 aliphatic rings. The number of carbonyl (C=O) groups is 1. The topological polar surface area (TPSA) is 66.5 Å². The third-order valence-electron chi connectivity index (χ3n) is 3.18. The van der Waals surface area contributed by atoms with E-state index in [9.17, 15) is 13.2 Å². The van der Waals surface area contributed by atoms with Gasteiger partial charge in [-0.25, -0.2) is 8.42 Å². The molecule has 0 unspecified atom stereocenters. The van der Waals surface area contributed by atoms with E-state index in [1.807, 2.05) is 0 Å². The van der Waals surface area contributed by atoms with Crippen molar-refractivity contribution >= 4 is 39.1 Å². The van der Waals surface area contributed by atoms with Gasteiger partial charge in [0.2, 0.25) is 15.9 Å². The smallest absolute Gasteiger partial charge is 0.235 e. The number of nitrogens with zero attached hydrogens (tertiary/aromatic N) is 1. The quantitative estimate of drug-likeness (QED) is 0.753. The Labute approximate surface area is 148 Å². The van der Waals surface area contributed by atoms with Crippen molar-refractivity contribution in [2.75, 3.05) is 19.3 Å². The zero-order valence-electron chi connectivity index (χ0n) is 13.5. The van der Waals surface area contributed by atoms with E-state index in [1.54, 1.807) is 18.2 Å². The molecule has 0 atom stereocenters. The van der Waals surface area contributed by atoms with Gasteiger partial charge in [-0.05, 0) is 30.0 Å². The number of amides is 1. The first-order valence-electron chi connectivity index (χ1n) is 7.25. The molecular weight excluding hydrogens is 359 g/mol. The van der Waals surface area contributed by atoms with Crippen molar-refractivity contribution in [1.29, 1.82) is 0 Å². The van der Waals surface area contributed by atoms with Crippen LogP contribution in [0.4, 0.5) is 0 Å². The van der Waals surface area contributed by atoms with Gasteiger partial charge >= 0.3 is 0 Å². The Kier molecular flexibility index (Phi) is 7.80. The van der Waals surface area contributed by atoms with Gasteiger partial charge in [-0.1, -0.05) is 43.1 Å². The summed E-state index contributed by atoms with van der Waals surface area (Å²) in [5.74, 6) is 0.147. The predicted octanol–water partition coefficient (Wildman–Crippen LogP) is 2.92. The fraction of sp³-hybridized carbons (Fsp3) is 0.533. The Morgan fingerprint density at radius 2 is 1.91 bits per heavy atom. The van der Waals surface area contributed by atoms with E-state index < -0.39 is 10.0 Å². The molecule has 130 valence electrons. The standard InChI is InChI=1S/C15H22Cl2N2O3S/c1-11(2)6-7-18-15(20)10-19(23(3,21)22)9-12-4-5-13(16)14(17)8-12/h4-5,8,11H,6-7,9-10H2,1-3H3,(H,18,20). The maximum Gasteiger partial charge on any atom is 0.235 e. The van der Waals surface area contributed by atoms with Crippen LogP contribution < -0.4 is 5.32 Å². The van der Waals surface area contributed by atoms with Gasteiger partial charge in [0.25, 0.3) is 0 Å². The van der Waals surface area contributed by atoms with Gasteiger partial charge in [0.05, 0.1) is 22.8 Å². The minimum atomic E-state index is -3.53. The second kappa shape index (κ2) is 8.87. The van der Waals surface area contributed by atoms with E-state index in [-0.39, 0.29) is 19.0 Å². The highest BCUT2D eigenvalue weighted by Crippen LogP contribution is 2.23. The number of sulfonamides is 1. The largest absolute Gasteiger partial charge is 0.355 e. The molecule has 0 aliphatic carbocycles. The van der Waals surface area contributed by atoms with Gasteiger partial charge in [0.15, 0.2) is 0 Å². The summed E-state index contributed by atoms with van der Waals surface area (Å²) in [7, 11) is -3.53. The van der Waals surface area contributed by atoms with Crippen LogP contribution in [0.25, 0.3) is 0 Å². The number of halogens is 2. The minimum Gasteiger partial charge on any atom is -0.355 e. The summed E-state index contributed by atoms with van der Waals surface area (Å²) in [6.07, 6.45) is 1.92. The summed E-state index contributed by atoms with van der Waals surface area (Å²) >= 11 is 11.8. The lowest BCUT2D eigenvalue weighted by Crippen LogP contribution is -2.40. The Morgan fingerprint density at radius 3 is 2.43 bits per heavy atom. The molecule has 1 aromatic carbocycles. The van der Waals surface area contributed by atoms with E-state index in [2.05, 4.69) is 19.2 Å². The molecule has 23 heavy (non-hydrogen) atoms. The molecule has 0 aromatic heterocycles. The molecule has 1 N–H and O–H groups in total. The number of carbonyl (C=O) groups excluding carboxylic acids is 1. The zero-order valence-corrected chi connectivity index (χ0v) is 15.8. The first-order valence-corrected chi connectivity index (χ1v) is 9.85. The first kappa shape index (κ1) is 20.2. The molecule has 0 fully saturated rings. The molecule has 0 saturated heterocycles. The second-order valence-corrected chi connectivity index (χ2v) is 8.61. The molecule has 0 saturated carbocycles. The summed E-state index contributed by atoms with van der Waals surface area (Å²) in [6, 6.07) is 4.88. The average Bonchev–Trinajstić information content (AvgIpc) is 2.40. The zero-order chi connectivity index (χ0) is 17.6. The monoisotopic (exact) mass is 380 g/mol. The van der Waals surface area contributed by atoms with Gasteiger partial charge in [-0.2, -0.15) is 4.31 Å². The van der Waals surface area contributed by atoms with Crippen LogP contribution in [0.2, 0.25) is 10.0 Å². The lowest BCUT2D eigenvalue weighted by molar-refractivity contribution is -0.121. The van der Waals surface area contributed by atoms with E-state index >= 15 is 0 Å². The fourth-order valence-electron chi connectivity index (χ4n) is 1.85. The third-order valence-corrected chi connectivity index (χ3v) is 5.11. The van der Waals surface area contributed by atoms with Gasteiger partial charge in [-0.3, -0.25) is 4.79 Å². The highest BCUT2D eigenvalue weighted by atomic mass is 35.5. The minimum absolute atomic E-state index is 0.0628. The third kappa shape index (κ3) is 7.52. The van der Waals surface area contributed by atoms with Gasteiger partial charge < -0.3 is 5.32 Å². The summed E-state index contributed by atoms with van der Waals surface area (Å²) in [5, 5.41) is 3.47. The Morgan fingerprint density at radius 1 is 1.26 bits per heavy atom. The molecule has 0 heterocycles. The molecule has 0 radical (unpaired) electrons. The lowest BCUT2D eigenvalue weighted by Gasteiger charge is -2.20. The number of hydrogen-bond acceptors (Lipinski definition) is 3. The maximum absolute atomic E-state index is 11.9. The van der Waals surface area contributed by atoms with Crippen LogP contribution in [0, 0.1) is 5.92 Å². The van der Waals surface area contributed by atoms with Crippen molar-refractivity contribution in [2.24, 2.45) is 5.92 Å². The fourth-order valence-corrected chi connectivity index (χ4v) is 2.90. The van der Waals surface area contributed by atoms with Crippen molar-refractivity contribution in [3.63, 3.8) is 0 Å². The Hall–Kier alpha value is -0.820. The molecule has 0 aliphatic heterocycles. The summed E-state index contributed by atoms with van der Waals surface area (Å²) in [5.41, 5.74) is 0.666. The lowest BCUT2D eigenvalue weighted by atomic mass is 10.1. The van der Waals surface area contributed by atoms with E-state index in [0.29, 0.717) is 28.1 Å². The summed E-state index contributed by atoms with van der Waals surface area (Å²) < 4.78 is 24.9. The van der Waals surface area contributed by atoms with Crippen molar-refractivity contribution in [3.05, 3.63) is 33.8 Å². The van der Waals surface area contributed by atoms with E-state index in [4.69, 9.17) is 23.2 Å². The number of hydrogen-bond donors (Lipinski definition) is 1. The average molecular weight is 381 g/mol. The van der Waals surface area contributed by atoms with Gasteiger partial charge in [0, 0.05) is 13.1 Å². The van der Waals surface area contributed by atoms with Gasteiger partial charge in [0.1, 0.15) is 0 Å². The maximum atomic E-state index is 11.9. The van der Waals surface area contributed by atoms with Crippen LogP contribution in [0.5, 0.6) is 0 Å². The molecular formula is C15H22Cl2N2O3S. The van der Waals surface area contributed by atoms with Crippen molar-refractivity contribution in [1.82, 2.24) is 9.62 Å². The van der Waals surface area contributed by atoms with Crippen LogP contribution >= 0.6 is 23.2 Å². The van der Waals surface area contributed by atoms with E-state index in [1.165, 1.54) is 0 Å². The number of nitrogens with one attached hydrogen (secondary N) is 1. The first-order chi connectivity index (χ1) is 10.6. The van der Waals surface area contributed by atoms with Crippen molar-refractivity contribution in [2.45, 2.75) is 26.8 Å². The van der Waals surface area contributed by atoms with Crippen molar-refractivity contribution < 1.29 is 13.2 Å². The Balaban J connectivity index is 2.73. The molecule has 8 heteroatoms. The van der Waals surface area contributed by atoms with Crippen LogP contribution in [0.3, 0.4) is 0 Å². The van der Waals surface area contributed by atoms with E-state index in [0.717, 1.165) is 17.0 Å². The Bertz CT molecular complexity index is 648. The molecule has 1 rings (SSSR count). The molecule has 0 bridgehead atoms. The molecule has 1 amide bonds. The van der Waals surface area contributed by atoms with Crippen LogP contribution in [-0.2, 0) is 21.4 Å². The number of rotatable bonds is 8. The second-order valence-electron chi connectivity index (χ2n) is 5.81. The van der Waals surface area contributed by atoms with Crippen LogP contribution in [0.15, 0.2) is 18.2 Å². The predicted molar refractivity (Wildman–Crippen MR) is 94.2 cm³/mol. The molecule has 0 spiro atoms. The number of benzene rings is 1. The highest BCUT2D eigenvalue weighted by Gasteiger charge is 2.20. The van der Waals surface area contributed by atoms with Crippen LogP contribution in [0.1, 0.15) is 25.8 Å². The normalized spacial score (nSPS) is 12.0. The highest BCUT2D eigenvalue weighted by molar-refractivity contribution is 7.88. The van der Waals surface area contributed by atoms with Crippen molar-refractivity contribution in [3.8, 4) is 0 Å². The molecule has 5 nitrogen and oxygen atoms in total. The molecule has 1 aromatic rings. The van der Waals surface area contributed by atoms with Crippen LogP contribution in [-0.4, -0.2) is 38.0 Å². The van der Waals surface area contributed by atoms with Gasteiger partial charge in [-0.15, -0.1) is 0 Å². The SMILES string of the molecule is CC(C)CCNC(=O)CN(Cc1ccc(Cl)c(Cl)c1)S(C)(=O)=O. The summed E-state index contributed by atoms with van der Waals surface area (Å²) in [4.78, 5) is 11.9. The summed E-state index contributed by atoms with van der Waals surface area (Å²) in [6.45, 7) is 4.48.